The van der Waals surface area contributed by atoms with Gasteiger partial charge in [-0.25, -0.2) is 4.98 Å². The van der Waals surface area contributed by atoms with Crippen LogP contribution in [0.1, 0.15) is 25.3 Å². The number of hydrogen-bond acceptors (Lipinski definition) is 5. The van der Waals surface area contributed by atoms with Crippen molar-refractivity contribution in [2.75, 3.05) is 5.73 Å². The van der Waals surface area contributed by atoms with Gasteiger partial charge in [0.2, 0.25) is 5.82 Å². The van der Waals surface area contributed by atoms with Crippen molar-refractivity contribution >= 4 is 5.69 Å². The van der Waals surface area contributed by atoms with Gasteiger partial charge in [-0.3, -0.25) is 0 Å². The van der Waals surface area contributed by atoms with Gasteiger partial charge in [-0.2, -0.15) is 4.98 Å². The van der Waals surface area contributed by atoms with Crippen molar-refractivity contribution in [3.05, 3.63) is 48.2 Å². The number of nitrogens with two attached hydrogens (primary N) is 1. The van der Waals surface area contributed by atoms with Crippen molar-refractivity contribution in [3.8, 4) is 23.0 Å². The van der Waals surface area contributed by atoms with Crippen LogP contribution >= 0.6 is 0 Å². The molecule has 2 heterocycles. The molecule has 0 aliphatic rings. The second-order valence-electron chi connectivity index (χ2n) is 5.14. The van der Waals surface area contributed by atoms with E-state index < -0.39 is 0 Å². The minimum Gasteiger partial charge on any atom is -0.397 e. The van der Waals surface area contributed by atoms with Crippen LogP contribution in [0.4, 0.5) is 5.69 Å². The van der Waals surface area contributed by atoms with Crippen molar-refractivity contribution < 1.29 is 4.52 Å². The second-order valence-corrected chi connectivity index (χ2v) is 5.14. The van der Waals surface area contributed by atoms with Gasteiger partial charge in [-0.1, -0.05) is 43.3 Å². The van der Waals surface area contributed by atoms with E-state index in [0.717, 1.165) is 5.56 Å². The molecule has 3 aromatic rings. The Labute approximate surface area is 122 Å². The molecule has 21 heavy (non-hydrogen) atoms. The van der Waals surface area contributed by atoms with Crippen LogP contribution in [0.3, 0.4) is 0 Å². The van der Waals surface area contributed by atoms with Gasteiger partial charge < -0.3 is 10.3 Å². The predicted molar refractivity (Wildman–Crippen MR) is 81.5 cm³/mol. The van der Waals surface area contributed by atoms with Crippen LogP contribution < -0.4 is 5.73 Å². The zero-order valence-corrected chi connectivity index (χ0v) is 11.9. The van der Waals surface area contributed by atoms with Crippen molar-refractivity contribution in [1.29, 1.82) is 0 Å². The Morgan fingerprint density at radius 1 is 1.10 bits per heavy atom. The highest BCUT2D eigenvalue weighted by Crippen LogP contribution is 2.25. The van der Waals surface area contributed by atoms with Crippen LogP contribution in [0, 0.1) is 0 Å². The van der Waals surface area contributed by atoms with Gasteiger partial charge in [0.05, 0.1) is 5.69 Å². The summed E-state index contributed by atoms with van der Waals surface area (Å²) >= 11 is 0. The molecule has 5 nitrogen and oxygen atoms in total. The van der Waals surface area contributed by atoms with Crippen molar-refractivity contribution in [2.24, 2.45) is 0 Å². The van der Waals surface area contributed by atoms with Gasteiger partial charge in [0, 0.05) is 11.8 Å². The van der Waals surface area contributed by atoms with E-state index in [0.29, 0.717) is 29.0 Å². The maximum atomic E-state index is 5.86. The third kappa shape index (κ3) is 2.63. The molecule has 2 N–H and O–H groups in total. The number of rotatable bonds is 3. The summed E-state index contributed by atoms with van der Waals surface area (Å²) < 4.78 is 5.26. The van der Waals surface area contributed by atoms with E-state index in [2.05, 4.69) is 41.1 Å². The molecule has 0 aliphatic heterocycles. The molecule has 0 bridgehead atoms. The van der Waals surface area contributed by atoms with E-state index in [1.165, 1.54) is 5.56 Å². The summed E-state index contributed by atoms with van der Waals surface area (Å²) in [6.45, 7) is 4.32. The Balaban J connectivity index is 1.93. The molecule has 1 aromatic carbocycles. The fourth-order valence-corrected chi connectivity index (χ4v) is 2.05. The Morgan fingerprint density at radius 2 is 1.86 bits per heavy atom. The van der Waals surface area contributed by atoms with Crippen LogP contribution in [-0.4, -0.2) is 15.1 Å². The van der Waals surface area contributed by atoms with Crippen LogP contribution in [0.25, 0.3) is 23.0 Å². The zero-order valence-electron chi connectivity index (χ0n) is 11.9. The third-order valence-corrected chi connectivity index (χ3v) is 3.30. The Hall–Kier alpha value is -2.69. The van der Waals surface area contributed by atoms with Crippen LogP contribution in [-0.2, 0) is 0 Å². The van der Waals surface area contributed by atoms with E-state index >= 15 is 0 Å². The third-order valence-electron chi connectivity index (χ3n) is 3.30. The highest BCUT2D eigenvalue weighted by Gasteiger charge is 2.14. The summed E-state index contributed by atoms with van der Waals surface area (Å²) in [6, 6.07) is 11.7. The Kier molecular flexibility index (Phi) is 3.39. The summed E-state index contributed by atoms with van der Waals surface area (Å²) in [4.78, 5) is 8.54. The number of benzene rings is 1. The lowest BCUT2D eigenvalue weighted by Crippen LogP contribution is -1.92. The summed E-state index contributed by atoms with van der Waals surface area (Å²) in [5.41, 5.74) is 9.07. The zero-order chi connectivity index (χ0) is 14.8. The standard InChI is InChI=1S/C16H16N4O/c1-10(2)11-5-7-12(8-6-11)15-19-16(21-20-15)14-13(17)4-3-9-18-14/h3-10H,17H2,1-2H3. The molecule has 0 spiro atoms. The summed E-state index contributed by atoms with van der Waals surface area (Å²) in [5, 5.41) is 4.00. The SMILES string of the molecule is CC(C)c1ccc(-c2noc(-c3ncccc3N)n2)cc1. The predicted octanol–water partition coefficient (Wildman–Crippen LogP) is 3.50. The second kappa shape index (κ2) is 5.36. The van der Waals surface area contributed by atoms with E-state index in [9.17, 15) is 0 Å². The first-order valence-electron chi connectivity index (χ1n) is 6.80. The molecule has 2 aromatic heterocycles. The lowest BCUT2D eigenvalue weighted by molar-refractivity contribution is 0.431. The highest BCUT2D eigenvalue weighted by molar-refractivity contribution is 5.67. The van der Waals surface area contributed by atoms with Crippen LogP contribution in [0.5, 0.6) is 0 Å². The highest BCUT2D eigenvalue weighted by atomic mass is 16.5. The first kappa shape index (κ1) is 13.3. The first-order chi connectivity index (χ1) is 10.1. The number of anilines is 1. The number of nitrogens with zero attached hydrogens (tertiary/aromatic N) is 3. The molecule has 0 fully saturated rings. The number of pyridine rings is 1. The quantitative estimate of drug-likeness (QED) is 0.794. The normalized spacial score (nSPS) is 11.0. The Morgan fingerprint density at radius 3 is 2.52 bits per heavy atom. The molecule has 0 unspecified atom stereocenters. The summed E-state index contributed by atoms with van der Waals surface area (Å²) in [6.07, 6.45) is 1.65. The molecule has 106 valence electrons. The van der Waals surface area contributed by atoms with Crippen molar-refractivity contribution in [3.63, 3.8) is 0 Å². The van der Waals surface area contributed by atoms with E-state index in [1.807, 2.05) is 12.1 Å². The van der Waals surface area contributed by atoms with Gasteiger partial charge in [-0.05, 0) is 23.6 Å². The van der Waals surface area contributed by atoms with Crippen LogP contribution in [0.15, 0.2) is 47.1 Å². The van der Waals surface area contributed by atoms with Gasteiger partial charge in [0.15, 0.2) is 5.69 Å². The van der Waals surface area contributed by atoms with E-state index in [4.69, 9.17) is 10.3 Å². The molecule has 0 saturated carbocycles. The molecule has 0 saturated heterocycles. The first-order valence-corrected chi connectivity index (χ1v) is 6.80. The lowest BCUT2D eigenvalue weighted by atomic mass is 10.0. The number of aromatic nitrogens is 3. The van der Waals surface area contributed by atoms with Crippen molar-refractivity contribution in [2.45, 2.75) is 19.8 Å². The maximum absolute atomic E-state index is 5.86. The fraction of sp³-hybridized carbons (Fsp3) is 0.188. The molecule has 3 rings (SSSR count). The van der Waals surface area contributed by atoms with Gasteiger partial charge in [0.1, 0.15) is 0 Å². The molecular weight excluding hydrogens is 264 g/mol. The maximum Gasteiger partial charge on any atom is 0.278 e. The van der Waals surface area contributed by atoms with Crippen molar-refractivity contribution in [1.82, 2.24) is 15.1 Å². The minimum atomic E-state index is 0.330. The molecule has 0 aliphatic carbocycles. The summed E-state index contributed by atoms with van der Waals surface area (Å²) in [7, 11) is 0. The van der Waals surface area contributed by atoms with Gasteiger partial charge in [-0.15, -0.1) is 0 Å². The lowest BCUT2D eigenvalue weighted by Gasteiger charge is -2.04. The number of hydrogen-bond donors (Lipinski definition) is 1. The molecular formula is C16H16N4O. The smallest absolute Gasteiger partial charge is 0.278 e. The average Bonchev–Trinajstić information content (AvgIpc) is 2.97. The van der Waals surface area contributed by atoms with E-state index in [1.54, 1.807) is 18.3 Å². The van der Waals surface area contributed by atoms with Gasteiger partial charge >= 0.3 is 0 Å². The fourth-order valence-electron chi connectivity index (χ4n) is 2.05. The molecule has 0 atom stereocenters. The molecule has 0 radical (unpaired) electrons. The van der Waals surface area contributed by atoms with E-state index in [-0.39, 0.29) is 0 Å². The topological polar surface area (TPSA) is 77.8 Å². The monoisotopic (exact) mass is 280 g/mol. The summed E-state index contributed by atoms with van der Waals surface area (Å²) in [5.74, 6) is 1.36. The molecule has 0 amide bonds. The minimum absolute atomic E-state index is 0.330. The Bertz CT molecular complexity index is 747. The van der Waals surface area contributed by atoms with Crippen LogP contribution in [0.2, 0.25) is 0 Å². The average molecular weight is 280 g/mol. The number of nitrogen functional groups attached to an aromatic ring is 1. The van der Waals surface area contributed by atoms with Gasteiger partial charge in [0.25, 0.3) is 5.89 Å². The molecule has 5 heteroatoms. The largest absolute Gasteiger partial charge is 0.397 e.